The average Bonchev–Trinajstić information content (AvgIpc) is 2.57. The summed E-state index contributed by atoms with van der Waals surface area (Å²) in [6.07, 6.45) is -3.25. The fourth-order valence-electron chi connectivity index (χ4n) is 1.92. The second kappa shape index (κ2) is 7.82. The Balaban J connectivity index is 2.05. The molecule has 0 aliphatic heterocycles. The Bertz CT molecular complexity index is 750. The molecule has 0 bridgehead atoms. The van der Waals surface area contributed by atoms with Gasteiger partial charge in [-0.3, -0.25) is 4.79 Å². The zero-order valence-electron chi connectivity index (χ0n) is 13.1. The van der Waals surface area contributed by atoms with Crippen molar-refractivity contribution in [3.05, 3.63) is 53.5 Å². The molecular weight excluding hydrogens is 344 g/mol. The highest BCUT2D eigenvalue weighted by atomic mass is 19.4. The second-order valence-corrected chi connectivity index (χ2v) is 4.90. The predicted molar refractivity (Wildman–Crippen MR) is 79.9 cm³/mol. The number of nitrogens with zero attached hydrogens (tertiary/aromatic N) is 1. The molecule has 0 unspecified atom stereocenters. The predicted octanol–water partition coefficient (Wildman–Crippen LogP) is 3.10. The fourth-order valence-corrected chi connectivity index (χ4v) is 1.92. The summed E-state index contributed by atoms with van der Waals surface area (Å²) in [4.78, 5) is 15.7. The highest BCUT2D eigenvalue weighted by molar-refractivity contribution is 5.94. The Morgan fingerprint density at radius 3 is 2.68 bits per heavy atom. The molecule has 1 aromatic carbocycles. The number of rotatable bonds is 6. The summed E-state index contributed by atoms with van der Waals surface area (Å²) in [6, 6.07) is 6.64. The molecule has 9 heteroatoms. The zero-order valence-corrected chi connectivity index (χ0v) is 13.1. The number of alkyl halides is 3. The minimum absolute atomic E-state index is 0.175. The molecule has 0 spiro atoms. The maximum Gasteiger partial charge on any atom is 0.422 e. The molecular formula is C16H14F4N2O3. The number of hydrogen-bond acceptors (Lipinski definition) is 4. The lowest BCUT2D eigenvalue weighted by Gasteiger charge is -2.12. The van der Waals surface area contributed by atoms with E-state index in [1.165, 1.54) is 37.6 Å². The largest absolute Gasteiger partial charge is 0.497 e. The van der Waals surface area contributed by atoms with Crippen molar-refractivity contribution in [2.45, 2.75) is 12.7 Å². The molecule has 0 saturated heterocycles. The van der Waals surface area contributed by atoms with Crippen molar-refractivity contribution in [3.63, 3.8) is 0 Å². The summed E-state index contributed by atoms with van der Waals surface area (Å²) in [5.41, 5.74) is 0.0106. The number of amides is 1. The number of carbonyl (C=O) groups excluding carboxylic acids is 1. The van der Waals surface area contributed by atoms with Gasteiger partial charge in [-0.2, -0.15) is 13.2 Å². The zero-order chi connectivity index (χ0) is 18.4. The van der Waals surface area contributed by atoms with Gasteiger partial charge >= 0.3 is 6.18 Å². The third kappa shape index (κ3) is 5.33. The van der Waals surface area contributed by atoms with Gasteiger partial charge in [-0.15, -0.1) is 0 Å². The van der Waals surface area contributed by atoms with Gasteiger partial charge in [0.15, 0.2) is 6.61 Å². The SMILES string of the molecule is COc1ccc(C(=O)NCc2cccnc2OCC(F)(F)F)c(F)c1. The Morgan fingerprint density at radius 2 is 2.04 bits per heavy atom. The van der Waals surface area contributed by atoms with Gasteiger partial charge in [-0.25, -0.2) is 9.37 Å². The van der Waals surface area contributed by atoms with Gasteiger partial charge in [0.2, 0.25) is 5.88 Å². The number of pyridine rings is 1. The van der Waals surface area contributed by atoms with Crippen molar-refractivity contribution in [1.82, 2.24) is 10.3 Å². The van der Waals surface area contributed by atoms with Crippen LogP contribution in [0.25, 0.3) is 0 Å². The topological polar surface area (TPSA) is 60.5 Å². The van der Waals surface area contributed by atoms with Crippen LogP contribution in [0.4, 0.5) is 17.6 Å². The first-order valence-electron chi connectivity index (χ1n) is 7.05. The Labute approximate surface area is 140 Å². The van der Waals surface area contributed by atoms with Gasteiger partial charge in [-0.1, -0.05) is 6.07 Å². The highest BCUT2D eigenvalue weighted by Gasteiger charge is 2.29. The van der Waals surface area contributed by atoms with Gasteiger partial charge in [0, 0.05) is 24.4 Å². The first-order chi connectivity index (χ1) is 11.8. The van der Waals surface area contributed by atoms with Crippen LogP contribution < -0.4 is 14.8 Å². The van der Waals surface area contributed by atoms with Crippen LogP contribution in [0.5, 0.6) is 11.6 Å². The normalized spacial score (nSPS) is 11.1. The van der Waals surface area contributed by atoms with Crippen LogP contribution in [-0.4, -0.2) is 30.8 Å². The fraction of sp³-hybridized carbons (Fsp3) is 0.250. The third-order valence-corrected chi connectivity index (χ3v) is 3.08. The number of carbonyl (C=O) groups is 1. The van der Waals surface area contributed by atoms with E-state index in [4.69, 9.17) is 4.74 Å². The van der Waals surface area contributed by atoms with Crippen molar-refractivity contribution in [2.75, 3.05) is 13.7 Å². The van der Waals surface area contributed by atoms with Crippen molar-refractivity contribution >= 4 is 5.91 Å². The molecule has 2 aromatic rings. The summed E-state index contributed by atoms with van der Waals surface area (Å²) in [6.45, 7) is -1.68. The lowest BCUT2D eigenvalue weighted by molar-refractivity contribution is -0.154. The quantitative estimate of drug-likeness (QED) is 0.806. The van der Waals surface area contributed by atoms with E-state index in [0.29, 0.717) is 0 Å². The Kier molecular flexibility index (Phi) is 5.79. The van der Waals surface area contributed by atoms with E-state index < -0.39 is 24.5 Å². The molecule has 25 heavy (non-hydrogen) atoms. The van der Waals surface area contributed by atoms with Gasteiger partial charge in [0.1, 0.15) is 11.6 Å². The average molecular weight is 358 g/mol. The molecule has 0 saturated carbocycles. The number of hydrogen-bond donors (Lipinski definition) is 1. The van der Waals surface area contributed by atoms with Crippen LogP contribution in [0.2, 0.25) is 0 Å². The van der Waals surface area contributed by atoms with Crippen molar-refractivity contribution in [1.29, 1.82) is 0 Å². The van der Waals surface area contributed by atoms with E-state index in [0.717, 1.165) is 6.07 Å². The van der Waals surface area contributed by atoms with Crippen LogP contribution in [0.1, 0.15) is 15.9 Å². The van der Waals surface area contributed by atoms with E-state index >= 15 is 0 Å². The van der Waals surface area contributed by atoms with Crippen LogP contribution in [-0.2, 0) is 6.54 Å². The summed E-state index contributed by atoms with van der Waals surface area (Å²) in [5.74, 6) is -1.51. The molecule has 1 heterocycles. The molecule has 1 amide bonds. The number of benzene rings is 1. The molecule has 1 aromatic heterocycles. The number of methoxy groups -OCH3 is 1. The van der Waals surface area contributed by atoms with Crippen LogP contribution >= 0.6 is 0 Å². The number of nitrogens with one attached hydrogen (secondary N) is 1. The maximum atomic E-state index is 13.8. The smallest absolute Gasteiger partial charge is 0.422 e. The minimum atomic E-state index is -4.51. The maximum absolute atomic E-state index is 13.8. The molecule has 0 fully saturated rings. The Hall–Kier alpha value is -2.84. The molecule has 2 rings (SSSR count). The van der Waals surface area contributed by atoms with Gasteiger partial charge in [0.05, 0.1) is 12.7 Å². The first-order valence-corrected chi connectivity index (χ1v) is 7.05. The molecule has 134 valence electrons. The number of ether oxygens (including phenoxy) is 2. The van der Waals surface area contributed by atoms with E-state index in [-0.39, 0.29) is 29.3 Å². The molecule has 1 N–H and O–H groups in total. The lowest BCUT2D eigenvalue weighted by Crippen LogP contribution is -2.25. The van der Waals surface area contributed by atoms with E-state index in [2.05, 4.69) is 15.0 Å². The number of aromatic nitrogens is 1. The van der Waals surface area contributed by atoms with Gasteiger partial charge < -0.3 is 14.8 Å². The Morgan fingerprint density at radius 1 is 1.28 bits per heavy atom. The first kappa shape index (κ1) is 18.5. The third-order valence-electron chi connectivity index (χ3n) is 3.08. The minimum Gasteiger partial charge on any atom is -0.497 e. The second-order valence-electron chi connectivity index (χ2n) is 4.90. The molecule has 5 nitrogen and oxygen atoms in total. The van der Waals surface area contributed by atoms with Crippen LogP contribution in [0, 0.1) is 5.82 Å². The molecule has 0 aliphatic carbocycles. The van der Waals surface area contributed by atoms with E-state index in [1.807, 2.05) is 0 Å². The highest BCUT2D eigenvalue weighted by Crippen LogP contribution is 2.20. The molecule has 0 aliphatic rings. The summed E-state index contributed by atoms with van der Waals surface area (Å²) in [7, 11) is 1.36. The standard InChI is InChI=1S/C16H14F4N2O3/c1-24-11-4-5-12(13(17)7-11)14(23)22-8-10-3-2-6-21-15(10)25-9-16(18,19)20/h2-7H,8-9H2,1H3,(H,22,23). The van der Waals surface area contributed by atoms with Crippen molar-refractivity contribution < 1.29 is 31.8 Å². The van der Waals surface area contributed by atoms with Crippen LogP contribution in [0.15, 0.2) is 36.5 Å². The summed E-state index contributed by atoms with van der Waals surface area (Å²) >= 11 is 0. The molecule has 0 atom stereocenters. The monoisotopic (exact) mass is 358 g/mol. The van der Waals surface area contributed by atoms with Crippen molar-refractivity contribution in [2.24, 2.45) is 0 Å². The molecule has 0 radical (unpaired) electrons. The van der Waals surface area contributed by atoms with Crippen molar-refractivity contribution in [3.8, 4) is 11.6 Å². The van der Waals surface area contributed by atoms with Gasteiger partial charge in [-0.05, 0) is 18.2 Å². The summed E-state index contributed by atoms with van der Waals surface area (Å²) < 4.78 is 60.0. The van der Waals surface area contributed by atoms with E-state index in [9.17, 15) is 22.4 Å². The van der Waals surface area contributed by atoms with E-state index in [1.54, 1.807) is 0 Å². The summed E-state index contributed by atoms with van der Waals surface area (Å²) in [5, 5.41) is 2.41. The van der Waals surface area contributed by atoms with Crippen LogP contribution in [0.3, 0.4) is 0 Å². The lowest BCUT2D eigenvalue weighted by atomic mass is 10.2. The number of halogens is 4. The van der Waals surface area contributed by atoms with Gasteiger partial charge in [0.25, 0.3) is 5.91 Å².